The van der Waals surface area contributed by atoms with Gasteiger partial charge in [-0.05, 0) is 18.2 Å². The number of pyridine rings is 1. The largest absolute Gasteiger partial charge is 0.457 e. The number of fused-ring (bicyclic) bond motifs is 5. The number of benzene rings is 1. The molecule has 2 atom stereocenters. The highest BCUT2D eigenvalue weighted by Gasteiger charge is 2.37. The second-order valence-corrected chi connectivity index (χ2v) is 4.39. The van der Waals surface area contributed by atoms with Crippen molar-refractivity contribution >= 4 is 0 Å². The van der Waals surface area contributed by atoms with E-state index in [4.69, 9.17) is 9.47 Å². The smallest absolute Gasteiger partial charge is 0.137 e. The number of hydrogen-bond donors (Lipinski definition) is 0. The minimum Gasteiger partial charge on any atom is -0.457 e. The van der Waals surface area contributed by atoms with Crippen molar-refractivity contribution in [1.82, 2.24) is 4.98 Å². The number of rotatable bonds is 2. The Morgan fingerprint density at radius 1 is 1.00 bits per heavy atom. The molecule has 3 nitrogen and oxygen atoms in total. The Bertz CT molecular complexity index is 622. The molecule has 1 aromatic heterocycles. The summed E-state index contributed by atoms with van der Waals surface area (Å²) in [5.41, 5.74) is 2.05. The molecule has 0 spiro atoms. The van der Waals surface area contributed by atoms with Gasteiger partial charge in [-0.2, -0.15) is 0 Å². The number of aromatic nitrogens is 1. The van der Waals surface area contributed by atoms with Crippen LogP contribution in [0.2, 0.25) is 0 Å². The molecule has 3 heterocycles. The average molecular weight is 237 g/mol. The molecule has 0 fully saturated rings. The summed E-state index contributed by atoms with van der Waals surface area (Å²) in [6, 6.07) is 11.7. The topological polar surface area (TPSA) is 31.4 Å². The molecule has 1 aromatic carbocycles. The molecule has 0 amide bonds. The molecule has 0 N–H and O–H groups in total. The molecule has 2 aliphatic heterocycles. The van der Waals surface area contributed by atoms with Gasteiger partial charge in [0.2, 0.25) is 0 Å². The van der Waals surface area contributed by atoms with Crippen LogP contribution in [0.5, 0.6) is 11.5 Å². The predicted octanol–water partition coefficient (Wildman–Crippen LogP) is 3.56. The Morgan fingerprint density at radius 3 is 2.72 bits per heavy atom. The Balaban J connectivity index is 1.76. The Kier molecular flexibility index (Phi) is 2.02. The molecule has 2 aliphatic rings. The lowest BCUT2D eigenvalue weighted by atomic mass is 10.0. The van der Waals surface area contributed by atoms with Gasteiger partial charge in [0.25, 0.3) is 0 Å². The fourth-order valence-corrected chi connectivity index (χ4v) is 2.46. The monoisotopic (exact) mass is 237 g/mol. The lowest BCUT2D eigenvalue weighted by molar-refractivity contribution is 0.0859. The third kappa shape index (κ3) is 1.38. The number of nitrogens with zero attached hydrogens (tertiary/aromatic N) is 1. The highest BCUT2D eigenvalue weighted by Crippen LogP contribution is 2.48. The second-order valence-electron chi connectivity index (χ2n) is 4.39. The second kappa shape index (κ2) is 3.68. The summed E-state index contributed by atoms with van der Waals surface area (Å²) in [5.74, 6) is 1.67. The van der Waals surface area contributed by atoms with Crippen molar-refractivity contribution in [3.05, 3.63) is 66.0 Å². The van der Waals surface area contributed by atoms with E-state index in [-0.39, 0.29) is 12.2 Å². The molecule has 3 heteroatoms. The lowest BCUT2D eigenvalue weighted by Gasteiger charge is -2.13. The third-order valence-corrected chi connectivity index (χ3v) is 3.26. The molecule has 0 saturated heterocycles. The Hall–Kier alpha value is -2.13. The van der Waals surface area contributed by atoms with Crippen LogP contribution in [0.1, 0.15) is 23.5 Å². The number of ether oxygens (including phenoxy) is 2. The predicted molar refractivity (Wildman–Crippen MR) is 66.5 cm³/mol. The van der Waals surface area contributed by atoms with Crippen molar-refractivity contribution in [2.75, 3.05) is 0 Å². The zero-order valence-corrected chi connectivity index (χ0v) is 9.61. The third-order valence-electron chi connectivity index (χ3n) is 3.26. The van der Waals surface area contributed by atoms with Crippen LogP contribution in [0.3, 0.4) is 0 Å². The summed E-state index contributed by atoms with van der Waals surface area (Å²) in [6.07, 6.45) is 5.88. The van der Waals surface area contributed by atoms with Crippen LogP contribution in [0.15, 0.2) is 54.7 Å². The van der Waals surface area contributed by atoms with Gasteiger partial charge in [-0.1, -0.05) is 30.4 Å². The molecule has 88 valence electrons. The molecular formula is C15H11NO2. The van der Waals surface area contributed by atoms with Gasteiger partial charge in [-0.25, -0.2) is 0 Å². The molecule has 2 aromatic rings. The zero-order chi connectivity index (χ0) is 11.9. The first kappa shape index (κ1) is 9.85. The summed E-state index contributed by atoms with van der Waals surface area (Å²) < 4.78 is 11.7. The lowest BCUT2D eigenvalue weighted by Crippen LogP contribution is -1.99. The quantitative estimate of drug-likeness (QED) is 0.748. The van der Waals surface area contributed by atoms with E-state index in [1.807, 2.05) is 42.5 Å². The first-order valence-electron chi connectivity index (χ1n) is 5.97. The van der Waals surface area contributed by atoms with Gasteiger partial charge in [0, 0.05) is 6.20 Å². The van der Waals surface area contributed by atoms with E-state index in [2.05, 4.69) is 11.1 Å². The first-order valence-corrected chi connectivity index (χ1v) is 5.97. The Labute approximate surface area is 105 Å². The van der Waals surface area contributed by atoms with Gasteiger partial charge in [0.1, 0.15) is 23.7 Å². The van der Waals surface area contributed by atoms with Crippen LogP contribution < -0.4 is 4.74 Å². The van der Waals surface area contributed by atoms with E-state index in [9.17, 15) is 0 Å². The van der Waals surface area contributed by atoms with Crippen LogP contribution in [-0.2, 0) is 4.74 Å². The van der Waals surface area contributed by atoms with Crippen LogP contribution in [0, 0.1) is 0 Å². The molecule has 0 aliphatic carbocycles. The van der Waals surface area contributed by atoms with Gasteiger partial charge in [0.05, 0.1) is 11.3 Å². The van der Waals surface area contributed by atoms with Crippen LogP contribution >= 0.6 is 0 Å². The molecular weight excluding hydrogens is 226 g/mol. The SMILES string of the molecule is C1=CC2OC1c1nccc(Oc3ccccc3)c12. The van der Waals surface area contributed by atoms with Gasteiger partial charge < -0.3 is 9.47 Å². The van der Waals surface area contributed by atoms with Gasteiger partial charge in [0.15, 0.2) is 0 Å². The standard InChI is InChI=1S/C15H11NO2/c1-2-4-10(5-3-1)17-12-8-9-16-15-13-7-6-11(18-13)14(12)15/h1-9,11,13H. The van der Waals surface area contributed by atoms with Crippen molar-refractivity contribution in [3.8, 4) is 11.5 Å². The normalized spacial score (nSPS) is 23.1. The summed E-state index contributed by atoms with van der Waals surface area (Å²) in [7, 11) is 0. The molecule has 2 unspecified atom stereocenters. The van der Waals surface area contributed by atoms with Crippen molar-refractivity contribution in [2.24, 2.45) is 0 Å². The van der Waals surface area contributed by atoms with Crippen molar-refractivity contribution in [3.63, 3.8) is 0 Å². The van der Waals surface area contributed by atoms with Crippen molar-refractivity contribution < 1.29 is 9.47 Å². The molecule has 18 heavy (non-hydrogen) atoms. The average Bonchev–Trinajstić information content (AvgIpc) is 3.02. The van der Waals surface area contributed by atoms with E-state index in [0.717, 1.165) is 22.8 Å². The maximum Gasteiger partial charge on any atom is 0.137 e. The fraction of sp³-hybridized carbons (Fsp3) is 0.133. The summed E-state index contributed by atoms with van der Waals surface area (Å²) in [5, 5.41) is 0. The minimum absolute atomic E-state index is 0.00240. The molecule has 0 saturated carbocycles. The minimum atomic E-state index is -0.00240. The number of para-hydroxylation sites is 1. The molecule has 4 rings (SSSR count). The number of hydrogen-bond acceptors (Lipinski definition) is 3. The van der Waals surface area contributed by atoms with Crippen molar-refractivity contribution in [1.29, 1.82) is 0 Å². The van der Waals surface area contributed by atoms with Crippen LogP contribution in [-0.4, -0.2) is 4.98 Å². The molecule has 2 bridgehead atoms. The van der Waals surface area contributed by atoms with E-state index in [1.165, 1.54) is 0 Å². The van der Waals surface area contributed by atoms with Gasteiger partial charge >= 0.3 is 0 Å². The van der Waals surface area contributed by atoms with E-state index < -0.39 is 0 Å². The molecule has 0 radical (unpaired) electrons. The summed E-state index contributed by atoms with van der Waals surface area (Å²) >= 11 is 0. The highest BCUT2D eigenvalue weighted by atomic mass is 16.5. The van der Waals surface area contributed by atoms with Gasteiger partial charge in [-0.3, -0.25) is 4.98 Å². The maximum atomic E-state index is 5.92. The summed E-state index contributed by atoms with van der Waals surface area (Å²) in [6.45, 7) is 0. The van der Waals surface area contributed by atoms with Gasteiger partial charge in [-0.15, -0.1) is 0 Å². The first-order chi connectivity index (χ1) is 8.92. The van der Waals surface area contributed by atoms with E-state index >= 15 is 0 Å². The van der Waals surface area contributed by atoms with E-state index in [1.54, 1.807) is 6.20 Å². The van der Waals surface area contributed by atoms with Crippen LogP contribution in [0.25, 0.3) is 0 Å². The van der Waals surface area contributed by atoms with E-state index in [0.29, 0.717) is 0 Å². The maximum absolute atomic E-state index is 5.92. The fourth-order valence-electron chi connectivity index (χ4n) is 2.46. The Morgan fingerprint density at radius 2 is 1.83 bits per heavy atom. The summed E-state index contributed by atoms with van der Waals surface area (Å²) in [4.78, 5) is 4.39. The zero-order valence-electron chi connectivity index (χ0n) is 9.61. The van der Waals surface area contributed by atoms with Crippen molar-refractivity contribution in [2.45, 2.75) is 12.2 Å². The highest BCUT2D eigenvalue weighted by molar-refractivity contribution is 5.49. The van der Waals surface area contributed by atoms with Crippen LogP contribution in [0.4, 0.5) is 0 Å².